The Morgan fingerprint density at radius 1 is 0.636 bits per heavy atom. The molecule has 4 saturated carbocycles. The van der Waals surface area contributed by atoms with Crippen molar-refractivity contribution in [2.24, 2.45) is 35.5 Å². The van der Waals surface area contributed by atoms with Gasteiger partial charge >= 0.3 is 0 Å². The molecule has 0 aromatic heterocycles. The Labute approximate surface area is 204 Å². The van der Waals surface area contributed by atoms with Gasteiger partial charge in [-0.1, -0.05) is 0 Å². The fourth-order valence-electron chi connectivity index (χ4n) is 8.83. The van der Waals surface area contributed by atoms with E-state index >= 15 is 0 Å². The summed E-state index contributed by atoms with van der Waals surface area (Å²) in [6.45, 7) is 15.6. The molecule has 0 spiro atoms. The van der Waals surface area contributed by atoms with Crippen molar-refractivity contribution >= 4 is 16.6 Å². The smallest absolute Gasteiger partial charge is 0.176 e. The van der Waals surface area contributed by atoms with E-state index in [0.29, 0.717) is 12.2 Å². The normalized spacial score (nSPS) is 45.8. The van der Waals surface area contributed by atoms with Crippen molar-refractivity contribution in [3.8, 4) is 0 Å². The highest BCUT2D eigenvalue weighted by Gasteiger charge is 2.57. The second kappa shape index (κ2) is 8.96. The van der Waals surface area contributed by atoms with Crippen molar-refractivity contribution in [3.63, 3.8) is 0 Å². The highest BCUT2D eigenvalue weighted by molar-refractivity contribution is 6.86. The van der Waals surface area contributed by atoms with Crippen LogP contribution >= 0.6 is 0 Å². The molecule has 6 rings (SSSR count). The number of epoxide rings is 2. The summed E-state index contributed by atoms with van der Waals surface area (Å²) in [4.78, 5) is 0. The molecule has 2 aliphatic heterocycles. The molecular weight excluding hydrogens is 448 g/mol. The first kappa shape index (κ1) is 23.6. The highest BCUT2D eigenvalue weighted by atomic mass is 28.4. The molecule has 5 nitrogen and oxygen atoms in total. The molecule has 7 heteroatoms. The quantitative estimate of drug-likeness (QED) is 0.270. The Morgan fingerprint density at radius 2 is 1.06 bits per heavy atom. The zero-order valence-corrected chi connectivity index (χ0v) is 23.3. The third-order valence-corrected chi connectivity index (χ3v) is 19.4. The minimum absolute atomic E-state index is 0. The van der Waals surface area contributed by atoms with Gasteiger partial charge in [0.1, 0.15) is 12.2 Å². The molecule has 6 aliphatic rings. The van der Waals surface area contributed by atoms with E-state index in [4.69, 9.17) is 23.1 Å². The first-order chi connectivity index (χ1) is 15.8. The Balaban J connectivity index is 0.00000241. The largest absolute Gasteiger partial charge is 0.455 e. The van der Waals surface area contributed by atoms with Crippen LogP contribution in [0.3, 0.4) is 0 Å². The molecule has 33 heavy (non-hydrogen) atoms. The van der Waals surface area contributed by atoms with E-state index < -0.39 is 16.6 Å². The maximum Gasteiger partial charge on any atom is 0.176 e. The van der Waals surface area contributed by atoms with Crippen molar-refractivity contribution in [3.05, 3.63) is 0 Å². The summed E-state index contributed by atoms with van der Waals surface area (Å²) in [5.41, 5.74) is 1.65. The topological polar surface area (TPSA) is 52.8 Å². The van der Waals surface area contributed by atoms with Crippen molar-refractivity contribution < 1.29 is 24.5 Å². The van der Waals surface area contributed by atoms with Crippen molar-refractivity contribution in [2.75, 3.05) is 39.6 Å². The predicted molar refractivity (Wildman–Crippen MR) is 135 cm³/mol. The standard InChI is InChI=1S/C26H46O5Si2.H2/c1-32(2,25-9-17-5-19(23(25)7-17)11-27-13-21-15-29-21)31-33(3,4)26-10-18-6-20(24(26)8-18)12-28-14-22-16-30-22;/h17-26H,5-16H2,1-4H3;1H/i;1+1. The Bertz CT molecular complexity index is 657. The van der Waals surface area contributed by atoms with Crippen LogP contribution in [0.5, 0.6) is 0 Å². The van der Waals surface area contributed by atoms with Gasteiger partial charge in [-0.2, -0.15) is 0 Å². The monoisotopic (exact) mass is 497 g/mol. The Kier molecular flexibility index (Phi) is 6.42. The van der Waals surface area contributed by atoms with Gasteiger partial charge in [0.15, 0.2) is 16.6 Å². The molecule has 0 amide bonds. The fraction of sp³-hybridized carbons (Fsp3) is 1.00. The van der Waals surface area contributed by atoms with Crippen LogP contribution in [0.4, 0.5) is 0 Å². The van der Waals surface area contributed by atoms with Crippen LogP contribution in [0.2, 0.25) is 37.3 Å². The van der Waals surface area contributed by atoms with Crippen LogP contribution < -0.4 is 0 Å². The van der Waals surface area contributed by atoms with Gasteiger partial charge in [0.25, 0.3) is 0 Å². The summed E-state index contributed by atoms with van der Waals surface area (Å²) in [6, 6.07) is 0. The molecule has 2 saturated heterocycles. The lowest BCUT2D eigenvalue weighted by molar-refractivity contribution is 0.0657. The third-order valence-electron chi connectivity index (χ3n) is 10.3. The Morgan fingerprint density at radius 3 is 1.42 bits per heavy atom. The van der Waals surface area contributed by atoms with E-state index in [0.717, 1.165) is 86.2 Å². The molecule has 10 unspecified atom stereocenters. The molecule has 0 aromatic carbocycles. The fourth-order valence-corrected chi connectivity index (χ4v) is 20.1. The van der Waals surface area contributed by atoms with Gasteiger partial charge < -0.3 is 23.1 Å². The lowest BCUT2D eigenvalue weighted by Crippen LogP contribution is -2.53. The summed E-state index contributed by atoms with van der Waals surface area (Å²) in [5.74, 6) is 5.04. The minimum atomic E-state index is -1.77. The van der Waals surface area contributed by atoms with E-state index in [2.05, 4.69) is 26.2 Å². The Hall–Kier alpha value is 0.234. The first-order valence-electron chi connectivity index (χ1n) is 13.9. The molecular formula is C26H48O5Si2. The highest BCUT2D eigenvalue weighted by Crippen LogP contribution is 2.61. The number of ether oxygens (including phenoxy) is 4. The molecule has 6 fully saturated rings. The van der Waals surface area contributed by atoms with Crippen molar-refractivity contribution in [2.45, 2.75) is 88.0 Å². The number of rotatable bonds is 12. The van der Waals surface area contributed by atoms with Crippen LogP contribution in [0.15, 0.2) is 0 Å². The first-order valence-corrected chi connectivity index (χ1v) is 19.8. The zero-order valence-electron chi connectivity index (χ0n) is 21.3. The maximum absolute atomic E-state index is 7.46. The van der Waals surface area contributed by atoms with Gasteiger partial charge in [-0.15, -0.1) is 0 Å². The number of fused-ring (bicyclic) bond motifs is 4. The number of hydrogen-bond donors (Lipinski definition) is 0. The van der Waals surface area contributed by atoms with Gasteiger partial charge in [-0.25, -0.2) is 0 Å². The van der Waals surface area contributed by atoms with Gasteiger partial charge in [-0.05, 0) is 111 Å². The molecule has 2 heterocycles. The van der Waals surface area contributed by atoms with Crippen LogP contribution in [0, 0.1) is 35.5 Å². The summed E-state index contributed by atoms with van der Waals surface area (Å²) < 4.78 is 30.3. The summed E-state index contributed by atoms with van der Waals surface area (Å²) >= 11 is 0. The molecule has 4 aliphatic carbocycles. The van der Waals surface area contributed by atoms with Crippen LogP contribution in [-0.4, -0.2) is 68.5 Å². The zero-order chi connectivity index (χ0) is 22.8. The van der Waals surface area contributed by atoms with Crippen LogP contribution in [-0.2, 0) is 23.1 Å². The average Bonchev–Trinajstić information content (AvgIpc) is 3.57. The second-order valence-corrected chi connectivity index (χ2v) is 22.2. The van der Waals surface area contributed by atoms with Gasteiger partial charge in [-0.3, -0.25) is 0 Å². The van der Waals surface area contributed by atoms with E-state index in [1.807, 2.05) is 0 Å². The summed E-state index contributed by atoms with van der Waals surface area (Å²) in [7, 11) is -3.53. The molecule has 0 N–H and O–H groups in total. The van der Waals surface area contributed by atoms with E-state index in [-0.39, 0.29) is 1.43 Å². The van der Waals surface area contributed by atoms with E-state index in [1.54, 1.807) is 0 Å². The lowest BCUT2D eigenvalue weighted by atomic mass is 9.89. The predicted octanol–water partition coefficient (Wildman–Crippen LogP) is 5.32. The lowest BCUT2D eigenvalue weighted by Gasteiger charge is -2.47. The van der Waals surface area contributed by atoms with Crippen molar-refractivity contribution in [1.29, 1.82) is 0 Å². The second-order valence-electron chi connectivity index (χ2n) is 13.5. The van der Waals surface area contributed by atoms with Crippen molar-refractivity contribution in [1.82, 2.24) is 0 Å². The molecule has 4 bridgehead atoms. The van der Waals surface area contributed by atoms with Gasteiger partial charge in [0.2, 0.25) is 0 Å². The molecule has 0 radical (unpaired) electrons. The summed E-state index contributed by atoms with van der Waals surface area (Å²) in [5, 5.41) is 0. The maximum atomic E-state index is 7.46. The van der Waals surface area contributed by atoms with E-state index in [9.17, 15) is 0 Å². The third kappa shape index (κ3) is 5.07. The van der Waals surface area contributed by atoms with Gasteiger partial charge in [0.05, 0.1) is 26.4 Å². The molecule has 10 atom stereocenters. The van der Waals surface area contributed by atoms with E-state index in [1.165, 1.54) is 38.5 Å². The summed E-state index contributed by atoms with van der Waals surface area (Å²) in [6.07, 6.45) is 9.25. The SMILES string of the molecule is C[Si](C)(O[Si](C)(C)C1CC2CC(COCC3CO3)C1C2)C1CC2CC(COCC3CO3)C1C2.[2HH]. The van der Waals surface area contributed by atoms with Gasteiger partial charge in [0, 0.05) is 14.6 Å². The van der Waals surface area contributed by atoms with Crippen LogP contribution in [0.1, 0.15) is 40.0 Å². The average molecular weight is 498 g/mol. The van der Waals surface area contributed by atoms with Crippen LogP contribution in [0.25, 0.3) is 0 Å². The molecule has 0 aromatic rings. The number of hydrogen-bond acceptors (Lipinski definition) is 5. The minimum Gasteiger partial charge on any atom is -0.455 e. The molecule has 190 valence electrons.